The first kappa shape index (κ1) is 22.2. The summed E-state index contributed by atoms with van der Waals surface area (Å²) in [6.45, 7) is 12.0. The van der Waals surface area contributed by atoms with E-state index in [0.717, 1.165) is 29.5 Å². The molecule has 2 aromatic rings. The van der Waals surface area contributed by atoms with Crippen LogP contribution < -0.4 is 5.32 Å². The monoisotopic (exact) mass is 402 g/mol. The summed E-state index contributed by atoms with van der Waals surface area (Å²) in [7, 11) is 1.69. The molecular weight excluding hydrogens is 372 g/mol. The van der Waals surface area contributed by atoms with E-state index in [-0.39, 0.29) is 11.3 Å². The molecule has 0 saturated carbocycles. The second-order valence-corrected chi connectivity index (χ2v) is 8.46. The van der Waals surface area contributed by atoms with Gasteiger partial charge in [-0.25, -0.2) is 0 Å². The summed E-state index contributed by atoms with van der Waals surface area (Å²) in [5.41, 5.74) is 2.39. The highest BCUT2D eigenvalue weighted by Crippen LogP contribution is 2.28. The maximum atomic E-state index is 11.9. The molecule has 1 aromatic carbocycles. The minimum absolute atomic E-state index is 0.0487. The highest BCUT2D eigenvalue weighted by atomic mass is 32.2. The van der Waals surface area contributed by atoms with E-state index in [0.29, 0.717) is 18.9 Å². The molecular formula is C21H30N4O2S. The molecule has 0 atom stereocenters. The zero-order valence-electron chi connectivity index (χ0n) is 17.2. The third-order valence-electron chi connectivity index (χ3n) is 4.23. The number of amides is 1. The van der Waals surface area contributed by atoms with Crippen molar-refractivity contribution in [2.45, 2.75) is 44.3 Å². The van der Waals surface area contributed by atoms with Crippen molar-refractivity contribution in [3.05, 3.63) is 42.5 Å². The van der Waals surface area contributed by atoms with E-state index < -0.39 is 0 Å². The Morgan fingerprint density at radius 3 is 2.61 bits per heavy atom. The highest BCUT2D eigenvalue weighted by Gasteiger charge is 2.17. The van der Waals surface area contributed by atoms with Gasteiger partial charge in [0.05, 0.1) is 5.75 Å². The van der Waals surface area contributed by atoms with Crippen LogP contribution in [0.2, 0.25) is 0 Å². The molecule has 0 unspecified atom stereocenters. The van der Waals surface area contributed by atoms with Gasteiger partial charge in [0.1, 0.15) is 0 Å². The Morgan fingerprint density at radius 2 is 2.00 bits per heavy atom. The van der Waals surface area contributed by atoms with Crippen molar-refractivity contribution < 1.29 is 9.53 Å². The van der Waals surface area contributed by atoms with Crippen LogP contribution in [0, 0.1) is 0 Å². The van der Waals surface area contributed by atoms with Crippen LogP contribution in [-0.4, -0.2) is 46.7 Å². The maximum Gasteiger partial charge on any atom is 0.230 e. The Bertz CT molecular complexity index is 779. The summed E-state index contributed by atoms with van der Waals surface area (Å²) in [5.74, 6) is 1.05. The van der Waals surface area contributed by atoms with Crippen LogP contribution in [0.1, 0.15) is 32.8 Å². The molecule has 0 aliphatic carbocycles. The van der Waals surface area contributed by atoms with E-state index >= 15 is 0 Å². The first-order chi connectivity index (χ1) is 13.4. The fourth-order valence-corrected chi connectivity index (χ4v) is 3.46. The van der Waals surface area contributed by atoms with Crippen molar-refractivity contribution in [1.82, 2.24) is 20.1 Å². The number of nitrogens with one attached hydrogen (secondary N) is 1. The Hall–Kier alpha value is -2.12. The SMILES string of the molecule is C=CCNC(=O)CSc1nnc(-c2ccc(C(C)(C)C)cc2)n1CCCOC. The fourth-order valence-electron chi connectivity index (χ4n) is 2.66. The lowest BCUT2D eigenvalue weighted by atomic mass is 9.87. The maximum absolute atomic E-state index is 11.9. The molecule has 0 aliphatic heterocycles. The molecule has 0 bridgehead atoms. The number of carbonyl (C=O) groups is 1. The third-order valence-corrected chi connectivity index (χ3v) is 5.20. The smallest absolute Gasteiger partial charge is 0.230 e. The standard InChI is InChI=1S/C21H30N4O2S/c1-6-12-22-18(26)15-28-20-24-23-19(25(20)13-7-14-27-5)16-8-10-17(11-9-16)21(2,3)4/h6,8-11H,1,7,12-15H2,2-5H3,(H,22,26). The molecule has 0 radical (unpaired) electrons. The summed E-state index contributed by atoms with van der Waals surface area (Å²) >= 11 is 1.39. The van der Waals surface area contributed by atoms with Gasteiger partial charge in [0.15, 0.2) is 11.0 Å². The average molecular weight is 403 g/mol. The lowest BCUT2D eigenvalue weighted by Gasteiger charge is -2.19. The van der Waals surface area contributed by atoms with Gasteiger partial charge in [-0.2, -0.15) is 0 Å². The topological polar surface area (TPSA) is 69.0 Å². The van der Waals surface area contributed by atoms with Crippen molar-refractivity contribution in [3.8, 4) is 11.4 Å². The highest BCUT2D eigenvalue weighted by molar-refractivity contribution is 7.99. The Balaban J connectivity index is 2.22. The molecule has 0 aliphatic rings. The van der Waals surface area contributed by atoms with Gasteiger partial charge < -0.3 is 14.6 Å². The number of thioether (sulfide) groups is 1. The number of nitrogens with zero attached hydrogens (tertiary/aromatic N) is 3. The normalized spacial score (nSPS) is 11.4. The van der Waals surface area contributed by atoms with E-state index in [1.807, 2.05) is 0 Å². The van der Waals surface area contributed by atoms with Gasteiger partial charge in [-0.1, -0.05) is 62.9 Å². The molecule has 152 valence electrons. The first-order valence-corrected chi connectivity index (χ1v) is 10.4. The molecule has 6 nitrogen and oxygen atoms in total. The van der Waals surface area contributed by atoms with Crippen molar-refractivity contribution in [2.24, 2.45) is 0 Å². The van der Waals surface area contributed by atoms with Gasteiger partial charge >= 0.3 is 0 Å². The summed E-state index contributed by atoms with van der Waals surface area (Å²) < 4.78 is 7.25. The summed E-state index contributed by atoms with van der Waals surface area (Å²) in [6, 6.07) is 8.45. The number of aromatic nitrogens is 3. The van der Waals surface area contributed by atoms with E-state index in [1.165, 1.54) is 17.3 Å². The molecule has 0 saturated heterocycles. The number of methoxy groups -OCH3 is 1. The summed E-state index contributed by atoms with van der Waals surface area (Å²) in [6.07, 6.45) is 2.51. The average Bonchev–Trinajstić information content (AvgIpc) is 3.07. The molecule has 28 heavy (non-hydrogen) atoms. The number of carbonyl (C=O) groups excluding carboxylic acids is 1. The van der Waals surface area contributed by atoms with E-state index in [9.17, 15) is 4.79 Å². The quantitative estimate of drug-likeness (QED) is 0.373. The Labute approximate surface area is 171 Å². The van der Waals surface area contributed by atoms with Crippen LogP contribution in [0.5, 0.6) is 0 Å². The number of rotatable bonds is 10. The number of ether oxygens (including phenoxy) is 1. The molecule has 1 aromatic heterocycles. The Kier molecular flexibility index (Phi) is 8.26. The molecule has 1 N–H and O–H groups in total. The zero-order valence-corrected chi connectivity index (χ0v) is 18.0. The molecule has 1 amide bonds. The van der Waals surface area contributed by atoms with E-state index in [4.69, 9.17) is 4.74 Å². The molecule has 1 heterocycles. The lowest BCUT2D eigenvalue weighted by Crippen LogP contribution is -2.25. The minimum Gasteiger partial charge on any atom is -0.385 e. The number of hydrogen-bond donors (Lipinski definition) is 1. The van der Waals surface area contributed by atoms with Crippen LogP contribution in [0.3, 0.4) is 0 Å². The van der Waals surface area contributed by atoms with Gasteiger partial charge in [-0.3, -0.25) is 4.79 Å². The molecule has 0 fully saturated rings. The van der Waals surface area contributed by atoms with E-state index in [1.54, 1.807) is 13.2 Å². The van der Waals surface area contributed by atoms with Gasteiger partial charge in [0.25, 0.3) is 0 Å². The lowest BCUT2D eigenvalue weighted by molar-refractivity contribution is -0.118. The second-order valence-electron chi connectivity index (χ2n) is 7.51. The number of benzene rings is 1. The Morgan fingerprint density at radius 1 is 1.29 bits per heavy atom. The van der Waals surface area contributed by atoms with E-state index in [2.05, 4.69) is 71.7 Å². The van der Waals surface area contributed by atoms with Gasteiger partial charge in [-0.15, -0.1) is 16.8 Å². The molecule has 0 spiro atoms. The van der Waals surface area contributed by atoms with Crippen molar-refractivity contribution >= 4 is 17.7 Å². The van der Waals surface area contributed by atoms with Crippen LogP contribution >= 0.6 is 11.8 Å². The molecule has 7 heteroatoms. The van der Waals surface area contributed by atoms with Crippen LogP contribution in [0.15, 0.2) is 42.1 Å². The van der Waals surface area contributed by atoms with Crippen molar-refractivity contribution in [2.75, 3.05) is 26.0 Å². The molecule has 2 rings (SSSR count). The predicted molar refractivity (Wildman–Crippen MR) is 115 cm³/mol. The minimum atomic E-state index is -0.0487. The largest absolute Gasteiger partial charge is 0.385 e. The third kappa shape index (κ3) is 6.21. The van der Waals surface area contributed by atoms with Gasteiger partial charge in [0, 0.05) is 32.4 Å². The predicted octanol–water partition coefficient (Wildman–Crippen LogP) is 3.67. The second kappa shape index (κ2) is 10.4. The van der Waals surface area contributed by atoms with Crippen molar-refractivity contribution in [3.63, 3.8) is 0 Å². The van der Waals surface area contributed by atoms with Crippen LogP contribution in [-0.2, 0) is 21.5 Å². The first-order valence-electron chi connectivity index (χ1n) is 9.40. The van der Waals surface area contributed by atoms with Gasteiger partial charge in [0.2, 0.25) is 5.91 Å². The summed E-state index contributed by atoms with van der Waals surface area (Å²) in [5, 5.41) is 12.2. The van der Waals surface area contributed by atoms with Crippen LogP contribution in [0.4, 0.5) is 0 Å². The zero-order chi connectivity index (χ0) is 20.6. The number of hydrogen-bond acceptors (Lipinski definition) is 5. The van der Waals surface area contributed by atoms with Crippen molar-refractivity contribution in [1.29, 1.82) is 0 Å². The fraction of sp³-hybridized carbons (Fsp3) is 0.476. The summed E-state index contributed by atoms with van der Waals surface area (Å²) in [4.78, 5) is 11.9. The van der Waals surface area contributed by atoms with Crippen LogP contribution in [0.25, 0.3) is 11.4 Å². The van der Waals surface area contributed by atoms with Gasteiger partial charge in [-0.05, 0) is 17.4 Å².